The van der Waals surface area contributed by atoms with Gasteiger partial charge in [0.25, 0.3) is 0 Å². The molecule has 1 aromatic rings. The first-order valence-corrected chi connectivity index (χ1v) is 10.8. The zero-order chi connectivity index (χ0) is 15.0. The van der Waals surface area contributed by atoms with Crippen LogP contribution in [0.15, 0.2) is 18.3 Å². The van der Waals surface area contributed by atoms with Crippen molar-refractivity contribution in [3.63, 3.8) is 0 Å². The first-order chi connectivity index (χ1) is 9.21. The molecule has 1 aliphatic carbocycles. The number of aromatic nitrogens is 1. The van der Waals surface area contributed by atoms with Gasteiger partial charge in [0, 0.05) is 12.1 Å². The van der Waals surface area contributed by atoms with E-state index in [0.717, 1.165) is 0 Å². The summed E-state index contributed by atoms with van der Waals surface area (Å²) in [7, 11) is -1.70. The van der Waals surface area contributed by atoms with E-state index in [-0.39, 0.29) is 5.04 Å². The van der Waals surface area contributed by atoms with Gasteiger partial charge in [0.1, 0.15) is 5.15 Å². The van der Waals surface area contributed by atoms with E-state index in [9.17, 15) is 0 Å². The molecule has 1 aromatic heterocycles. The standard InChI is InChI=1S/C16H26ClNOSi/c1-16(2,3)20(4,5)19-14-8-6-7-13(14)12-9-10-15(17)18-11-12/h9-11,13-14H,6-8H2,1-5H3/t13-,14+/m0/s1. The van der Waals surface area contributed by atoms with Crippen molar-refractivity contribution < 1.29 is 4.43 Å². The number of nitrogens with zero attached hydrogens (tertiary/aromatic N) is 1. The zero-order valence-electron chi connectivity index (χ0n) is 13.2. The summed E-state index contributed by atoms with van der Waals surface area (Å²) < 4.78 is 6.64. The topological polar surface area (TPSA) is 22.1 Å². The van der Waals surface area contributed by atoms with E-state index in [0.29, 0.717) is 17.2 Å². The number of halogens is 1. The highest BCUT2D eigenvalue weighted by atomic mass is 35.5. The van der Waals surface area contributed by atoms with E-state index in [1.807, 2.05) is 12.3 Å². The lowest BCUT2D eigenvalue weighted by Crippen LogP contribution is -2.44. The van der Waals surface area contributed by atoms with Crippen LogP contribution in [0.25, 0.3) is 0 Å². The molecule has 0 N–H and O–H groups in total. The minimum Gasteiger partial charge on any atom is -0.413 e. The second-order valence-electron chi connectivity index (χ2n) is 7.37. The second kappa shape index (κ2) is 5.78. The Morgan fingerprint density at radius 2 is 1.95 bits per heavy atom. The summed E-state index contributed by atoms with van der Waals surface area (Å²) in [5.41, 5.74) is 1.27. The van der Waals surface area contributed by atoms with Crippen molar-refractivity contribution in [2.75, 3.05) is 0 Å². The Bertz CT molecular complexity index is 453. The highest BCUT2D eigenvalue weighted by Gasteiger charge is 2.42. The van der Waals surface area contributed by atoms with Gasteiger partial charge in [-0.1, -0.05) is 44.9 Å². The van der Waals surface area contributed by atoms with Gasteiger partial charge in [-0.25, -0.2) is 4.98 Å². The molecule has 1 aliphatic rings. The molecular weight excluding hydrogens is 286 g/mol. The summed E-state index contributed by atoms with van der Waals surface area (Å²) in [6, 6.07) is 3.99. The van der Waals surface area contributed by atoms with Gasteiger partial charge in [-0.05, 0) is 42.6 Å². The first-order valence-electron chi connectivity index (χ1n) is 7.50. The summed E-state index contributed by atoms with van der Waals surface area (Å²) in [5, 5.41) is 0.826. The second-order valence-corrected chi connectivity index (χ2v) is 12.5. The van der Waals surface area contributed by atoms with Crippen LogP contribution >= 0.6 is 11.6 Å². The maximum atomic E-state index is 6.64. The maximum absolute atomic E-state index is 6.64. The van der Waals surface area contributed by atoms with Gasteiger partial charge in [0.15, 0.2) is 8.32 Å². The lowest BCUT2D eigenvalue weighted by atomic mass is 9.98. The number of hydrogen-bond acceptors (Lipinski definition) is 2. The highest BCUT2D eigenvalue weighted by molar-refractivity contribution is 6.74. The van der Waals surface area contributed by atoms with Crippen LogP contribution in [0.1, 0.15) is 51.5 Å². The van der Waals surface area contributed by atoms with E-state index < -0.39 is 8.32 Å². The minimum absolute atomic E-state index is 0.262. The number of hydrogen-bond donors (Lipinski definition) is 0. The molecule has 0 aliphatic heterocycles. The summed E-state index contributed by atoms with van der Waals surface area (Å²) in [4.78, 5) is 4.22. The maximum Gasteiger partial charge on any atom is 0.192 e. The Morgan fingerprint density at radius 3 is 2.50 bits per heavy atom. The molecule has 0 radical (unpaired) electrons. The van der Waals surface area contributed by atoms with Crippen LogP contribution in [0.4, 0.5) is 0 Å². The Hall–Kier alpha value is -0.383. The molecule has 0 aromatic carbocycles. The van der Waals surface area contributed by atoms with Gasteiger partial charge in [-0.15, -0.1) is 0 Å². The van der Waals surface area contributed by atoms with E-state index >= 15 is 0 Å². The monoisotopic (exact) mass is 311 g/mol. The van der Waals surface area contributed by atoms with Crippen LogP contribution in [0.5, 0.6) is 0 Å². The summed E-state index contributed by atoms with van der Waals surface area (Å²) in [6.45, 7) is 11.6. The van der Waals surface area contributed by atoms with Crippen LogP contribution in [0.3, 0.4) is 0 Å². The average Bonchev–Trinajstić information content (AvgIpc) is 2.76. The summed E-state index contributed by atoms with van der Waals surface area (Å²) in [6.07, 6.45) is 5.87. The third-order valence-corrected chi connectivity index (χ3v) is 9.61. The predicted octanol–water partition coefficient (Wildman–Crippen LogP) is 5.39. The van der Waals surface area contributed by atoms with Crippen LogP contribution in [-0.4, -0.2) is 19.4 Å². The lowest BCUT2D eigenvalue weighted by molar-refractivity contribution is 0.170. The lowest BCUT2D eigenvalue weighted by Gasteiger charge is -2.40. The van der Waals surface area contributed by atoms with Gasteiger partial charge in [-0.3, -0.25) is 0 Å². The average molecular weight is 312 g/mol. The Labute approximate surface area is 129 Å². The van der Waals surface area contributed by atoms with E-state index in [2.05, 4.69) is 44.9 Å². The quantitative estimate of drug-likeness (QED) is 0.551. The largest absolute Gasteiger partial charge is 0.413 e. The number of rotatable bonds is 3. The molecule has 0 bridgehead atoms. The molecule has 0 unspecified atom stereocenters. The van der Waals surface area contributed by atoms with Gasteiger partial charge in [0.2, 0.25) is 0 Å². The van der Waals surface area contributed by atoms with Crippen molar-refractivity contribution in [2.24, 2.45) is 0 Å². The normalized spacial score (nSPS) is 24.1. The molecule has 1 heterocycles. The van der Waals surface area contributed by atoms with Crippen molar-refractivity contribution in [3.05, 3.63) is 29.0 Å². The molecular formula is C16H26ClNOSi. The summed E-state index contributed by atoms with van der Waals surface area (Å²) >= 11 is 5.89. The van der Waals surface area contributed by atoms with Crippen LogP contribution < -0.4 is 0 Å². The van der Waals surface area contributed by atoms with Crippen LogP contribution in [-0.2, 0) is 4.43 Å². The minimum atomic E-state index is -1.70. The first kappa shape index (κ1) is 16.0. The van der Waals surface area contributed by atoms with Crippen LogP contribution in [0.2, 0.25) is 23.3 Å². The Balaban J connectivity index is 2.14. The highest BCUT2D eigenvalue weighted by Crippen LogP contribution is 2.43. The fourth-order valence-electron chi connectivity index (χ4n) is 2.61. The van der Waals surface area contributed by atoms with Gasteiger partial charge in [0.05, 0.1) is 6.10 Å². The fourth-order valence-corrected chi connectivity index (χ4v) is 4.11. The van der Waals surface area contributed by atoms with Gasteiger partial charge < -0.3 is 4.43 Å². The van der Waals surface area contributed by atoms with Crippen LogP contribution in [0, 0.1) is 0 Å². The third-order valence-electron chi connectivity index (χ3n) is 4.88. The molecule has 1 fully saturated rings. The molecule has 4 heteroatoms. The summed E-state index contributed by atoms with van der Waals surface area (Å²) in [5.74, 6) is 0.480. The van der Waals surface area contributed by atoms with Crippen molar-refractivity contribution in [1.29, 1.82) is 0 Å². The Morgan fingerprint density at radius 1 is 1.25 bits per heavy atom. The molecule has 0 spiro atoms. The fraction of sp³-hybridized carbons (Fsp3) is 0.688. The van der Waals surface area contributed by atoms with Gasteiger partial charge >= 0.3 is 0 Å². The van der Waals surface area contributed by atoms with Crippen molar-refractivity contribution in [2.45, 2.75) is 70.2 Å². The predicted molar refractivity (Wildman–Crippen MR) is 87.9 cm³/mol. The third kappa shape index (κ3) is 3.44. The SMILES string of the molecule is CC(C)(C)[Si](C)(C)O[C@@H]1CCC[C@H]1c1ccc(Cl)nc1. The molecule has 2 nitrogen and oxygen atoms in total. The molecule has 0 amide bonds. The molecule has 1 saturated carbocycles. The van der Waals surface area contributed by atoms with Crippen molar-refractivity contribution in [1.82, 2.24) is 4.98 Å². The molecule has 20 heavy (non-hydrogen) atoms. The molecule has 0 saturated heterocycles. The zero-order valence-corrected chi connectivity index (χ0v) is 15.0. The van der Waals surface area contributed by atoms with Gasteiger partial charge in [-0.2, -0.15) is 0 Å². The van der Waals surface area contributed by atoms with E-state index in [1.165, 1.54) is 24.8 Å². The Kier molecular flexibility index (Phi) is 4.62. The molecule has 112 valence electrons. The smallest absolute Gasteiger partial charge is 0.192 e. The van der Waals surface area contributed by atoms with Crippen molar-refractivity contribution in [3.8, 4) is 0 Å². The molecule has 2 rings (SSSR count). The van der Waals surface area contributed by atoms with E-state index in [4.69, 9.17) is 16.0 Å². The molecule has 2 atom stereocenters. The van der Waals surface area contributed by atoms with E-state index in [1.54, 1.807) is 0 Å². The number of pyridine rings is 1. The van der Waals surface area contributed by atoms with Crippen molar-refractivity contribution >= 4 is 19.9 Å².